The zero-order valence-corrected chi connectivity index (χ0v) is 13.8. The molecule has 25 heavy (non-hydrogen) atoms. The Hall–Kier alpha value is -3.29. The monoisotopic (exact) mass is 341 g/mol. The van der Waals surface area contributed by atoms with Crippen LogP contribution in [0.2, 0.25) is 0 Å². The van der Waals surface area contributed by atoms with E-state index in [4.69, 9.17) is 4.74 Å². The zero-order chi connectivity index (χ0) is 17.8. The molecule has 0 atom stereocenters. The Balaban J connectivity index is 1.69. The van der Waals surface area contributed by atoms with Gasteiger partial charge in [0.2, 0.25) is 5.91 Å². The van der Waals surface area contributed by atoms with Crippen LogP contribution in [-0.4, -0.2) is 33.2 Å². The van der Waals surface area contributed by atoms with Gasteiger partial charge in [0, 0.05) is 19.7 Å². The normalized spacial score (nSPS) is 10.5. The van der Waals surface area contributed by atoms with E-state index in [0.717, 1.165) is 5.69 Å². The first-order valence-electron chi connectivity index (χ1n) is 7.55. The number of ether oxygens (including phenoxy) is 1. The molecule has 7 nitrogen and oxygen atoms in total. The minimum atomic E-state index is -0.328. The van der Waals surface area contributed by atoms with Gasteiger partial charge in [-0.2, -0.15) is 4.68 Å². The van der Waals surface area contributed by atoms with Gasteiger partial charge >= 0.3 is 0 Å². The number of aromatic nitrogens is 4. The SMILES string of the molecule is CC(=O)N(C)c1ccc(OCc2nnnn2-c2ccc(F)cc2)cc1. The van der Waals surface area contributed by atoms with Crippen molar-refractivity contribution in [3.63, 3.8) is 0 Å². The molecule has 0 bridgehead atoms. The van der Waals surface area contributed by atoms with Crippen LogP contribution in [0.15, 0.2) is 48.5 Å². The molecule has 0 unspecified atom stereocenters. The minimum Gasteiger partial charge on any atom is -0.486 e. The molecule has 0 radical (unpaired) electrons. The molecule has 2 aromatic carbocycles. The van der Waals surface area contributed by atoms with Crippen molar-refractivity contribution < 1.29 is 13.9 Å². The predicted molar refractivity (Wildman–Crippen MR) is 89.0 cm³/mol. The minimum absolute atomic E-state index is 0.0489. The molecule has 0 aliphatic rings. The van der Waals surface area contributed by atoms with Crippen LogP contribution >= 0.6 is 0 Å². The van der Waals surface area contributed by atoms with Gasteiger partial charge in [-0.15, -0.1) is 5.10 Å². The Bertz CT molecular complexity index is 862. The molecule has 3 rings (SSSR count). The lowest BCUT2D eigenvalue weighted by Crippen LogP contribution is -2.22. The maximum Gasteiger partial charge on any atom is 0.223 e. The Morgan fingerprint density at radius 3 is 2.48 bits per heavy atom. The van der Waals surface area contributed by atoms with Crippen molar-refractivity contribution in [1.82, 2.24) is 20.2 Å². The highest BCUT2D eigenvalue weighted by atomic mass is 19.1. The largest absolute Gasteiger partial charge is 0.486 e. The lowest BCUT2D eigenvalue weighted by atomic mass is 10.3. The van der Waals surface area contributed by atoms with Gasteiger partial charge in [-0.05, 0) is 59.0 Å². The molecule has 0 fully saturated rings. The first-order chi connectivity index (χ1) is 12.0. The molecular weight excluding hydrogens is 325 g/mol. The highest BCUT2D eigenvalue weighted by molar-refractivity contribution is 5.90. The Morgan fingerprint density at radius 1 is 1.16 bits per heavy atom. The number of carbonyl (C=O) groups is 1. The third kappa shape index (κ3) is 3.79. The predicted octanol–water partition coefficient (Wildman–Crippen LogP) is 2.36. The number of amides is 1. The smallest absolute Gasteiger partial charge is 0.223 e. The van der Waals surface area contributed by atoms with E-state index in [1.807, 2.05) is 0 Å². The van der Waals surface area contributed by atoms with E-state index >= 15 is 0 Å². The number of rotatable bonds is 5. The molecule has 0 spiro atoms. The lowest BCUT2D eigenvalue weighted by Gasteiger charge is -2.15. The molecule has 1 heterocycles. The van der Waals surface area contributed by atoms with Crippen LogP contribution in [0.4, 0.5) is 10.1 Å². The van der Waals surface area contributed by atoms with Gasteiger partial charge in [0.1, 0.15) is 18.2 Å². The van der Waals surface area contributed by atoms with E-state index in [1.54, 1.807) is 48.3 Å². The number of nitrogens with zero attached hydrogens (tertiary/aromatic N) is 5. The van der Waals surface area contributed by atoms with Crippen LogP contribution in [0.5, 0.6) is 5.75 Å². The Morgan fingerprint density at radius 2 is 1.84 bits per heavy atom. The van der Waals surface area contributed by atoms with Crippen molar-refractivity contribution in [1.29, 1.82) is 0 Å². The Labute approximate surface area is 143 Å². The lowest BCUT2D eigenvalue weighted by molar-refractivity contribution is -0.116. The molecular formula is C17H16FN5O2. The molecule has 1 amide bonds. The molecule has 0 aliphatic carbocycles. The van der Waals surface area contributed by atoms with Gasteiger partial charge in [-0.1, -0.05) is 0 Å². The first kappa shape index (κ1) is 16.6. The molecule has 0 N–H and O–H groups in total. The molecule has 1 aromatic heterocycles. The first-order valence-corrected chi connectivity index (χ1v) is 7.55. The van der Waals surface area contributed by atoms with Crippen molar-refractivity contribution in [2.75, 3.05) is 11.9 Å². The maximum atomic E-state index is 13.0. The van der Waals surface area contributed by atoms with Gasteiger partial charge in [0.15, 0.2) is 5.82 Å². The summed E-state index contributed by atoms with van der Waals surface area (Å²) < 4.78 is 20.2. The summed E-state index contributed by atoms with van der Waals surface area (Å²) in [5.74, 6) is 0.725. The second-order valence-corrected chi connectivity index (χ2v) is 5.34. The van der Waals surface area contributed by atoms with Gasteiger partial charge < -0.3 is 9.64 Å². The summed E-state index contributed by atoms with van der Waals surface area (Å²) in [6.45, 7) is 1.64. The van der Waals surface area contributed by atoms with Crippen LogP contribution in [0.25, 0.3) is 5.69 Å². The fourth-order valence-corrected chi connectivity index (χ4v) is 2.17. The van der Waals surface area contributed by atoms with E-state index in [9.17, 15) is 9.18 Å². The summed E-state index contributed by atoms with van der Waals surface area (Å²) >= 11 is 0. The summed E-state index contributed by atoms with van der Waals surface area (Å²) in [5.41, 5.74) is 1.42. The van der Waals surface area contributed by atoms with Gasteiger partial charge in [-0.3, -0.25) is 4.79 Å². The fourth-order valence-electron chi connectivity index (χ4n) is 2.17. The third-order valence-electron chi connectivity index (χ3n) is 3.67. The average Bonchev–Trinajstić information content (AvgIpc) is 3.09. The third-order valence-corrected chi connectivity index (χ3v) is 3.67. The summed E-state index contributed by atoms with van der Waals surface area (Å²) in [5, 5.41) is 11.5. The zero-order valence-electron chi connectivity index (χ0n) is 13.8. The maximum absolute atomic E-state index is 13.0. The van der Waals surface area contributed by atoms with E-state index in [-0.39, 0.29) is 18.3 Å². The molecule has 0 saturated carbocycles. The number of carbonyl (C=O) groups excluding carboxylic acids is 1. The number of halogens is 1. The van der Waals surface area contributed by atoms with Gasteiger partial charge in [0.05, 0.1) is 5.69 Å². The Kier molecular flexibility index (Phi) is 4.69. The number of tetrazole rings is 1. The van der Waals surface area contributed by atoms with Crippen molar-refractivity contribution in [3.8, 4) is 11.4 Å². The highest BCUT2D eigenvalue weighted by Gasteiger charge is 2.10. The van der Waals surface area contributed by atoms with Crippen molar-refractivity contribution in [3.05, 3.63) is 60.2 Å². The molecule has 0 saturated heterocycles. The summed E-state index contributed by atoms with van der Waals surface area (Å²) in [6, 6.07) is 13.0. The van der Waals surface area contributed by atoms with E-state index in [1.165, 1.54) is 23.7 Å². The van der Waals surface area contributed by atoms with Crippen molar-refractivity contribution >= 4 is 11.6 Å². The second kappa shape index (κ2) is 7.08. The van der Waals surface area contributed by atoms with E-state index in [2.05, 4.69) is 15.5 Å². The topological polar surface area (TPSA) is 73.1 Å². The van der Waals surface area contributed by atoms with Crippen molar-refractivity contribution in [2.45, 2.75) is 13.5 Å². The molecule has 3 aromatic rings. The van der Waals surface area contributed by atoms with Crippen molar-refractivity contribution in [2.24, 2.45) is 0 Å². The summed E-state index contributed by atoms with van der Waals surface area (Å²) in [4.78, 5) is 12.9. The summed E-state index contributed by atoms with van der Waals surface area (Å²) in [7, 11) is 1.70. The molecule has 8 heteroatoms. The average molecular weight is 341 g/mol. The van der Waals surface area contributed by atoms with Crippen LogP contribution in [0.1, 0.15) is 12.7 Å². The van der Waals surface area contributed by atoms with Crippen LogP contribution < -0.4 is 9.64 Å². The highest BCUT2D eigenvalue weighted by Crippen LogP contribution is 2.19. The standard InChI is InChI=1S/C17H16FN5O2/c1-12(24)22(2)14-7-9-16(10-8-14)25-11-17-19-20-21-23(17)15-5-3-13(18)4-6-15/h3-10H,11H2,1-2H3. The number of benzene rings is 2. The van der Waals surface area contributed by atoms with Crippen LogP contribution in [0, 0.1) is 5.82 Å². The van der Waals surface area contributed by atoms with Crippen LogP contribution in [-0.2, 0) is 11.4 Å². The van der Waals surface area contributed by atoms with Gasteiger partial charge in [-0.25, -0.2) is 4.39 Å². The second-order valence-electron chi connectivity index (χ2n) is 5.34. The summed E-state index contributed by atoms with van der Waals surface area (Å²) in [6.07, 6.45) is 0. The number of anilines is 1. The number of hydrogen-bond donors (Lipinski definition) is 0. The number of hydrogen-bond acceptors (Lipinski definition) is 5. The van der Waals surface area contributed by atoms with Gasteiger partial charge in [0.25, 0.3) is 0 Å². The van der Waals surface area contributed by atoms with E-state index in [0.29, 0.717) is 17.3 Å². The molecule has 0 aliphatic heterocycles. The molecule has 128 valence electrons. The van der Waals surface area contributed by atoms with Crippen LogP contribution in [0.3, 0.4) is 0 Å². The fraction of sp³-hybridized carbons (Fsp3) is 0.176. The quantitative estimate of drug-likeness (QED) is 0.712. The van der Waals surface area contributed by atoms with E-state index < -0.39 is 0 Å².